The molecule has 81 heavy (non-hydrogen) atoms. The Morgan fingerprint density at radius 1 is 0.395 bits per heavy atom. The Morgan fingerprint density at radius 3 is 1.35 bits per heavy atom. The van der Waals surface area contributed by atoms with Crippen molar-refractivity contribution < 1.29 is 139 Å². The SMILES string of the molecule is CCCCCC(CCCCCCCCCC(=O)O)O[C@@H]1O[C@H](C)[C@@H](O)[C@H](O)[C@H]1O[C@@H]1O[C@H](CO)[C@@H](O)[C@H](O)[C@H]1O[C@@H]1O[C@@H](C)[C@H](O[C@@H]2O[C@H](C)[C@H](O)[C@H](O)[C@H]2O)[C@@H](C[C@@H]2O[C@H](CO)[C@@H](O)[C@H](O)[C@H]2O[C@@H]2O[C@H](C)[C@@H](O)[C@H](O)[C@H]2O)[C@H]1O. The Labute approximate surface area is 471 Å². The van der Waals surface area contributed by atoms with E-state index in [1.54, 1.807) is 0 Å². The molecule has 0 radical (unpaired) electrons. The summed E-state index contributed by atoms with van der Waals surface area (Å²) < 4.78 is 67.6. The summed E-state index contributed by atoms with van der Waals surface area (Å²) in [6, 6.07) is 0. The summed E-state index contributed by atoms with van der Waals surface area (Å²) in [7, 11) is 0. The molecule has 6 saturated heterocycles. The van der Waals surface area contributed by atoms with Crippen molar-refractivity contribution in [3.05, 3.63) is 0 Å². The third-order valence-electron chi connectivity index (χ3n) is 16.7. The van der Waals surface area contributed by atoms with Crippen LogP contribution in [-0.4, -0.2) is 285 Å². The van der Waals surface area contributed by atoms with Crippen LogP contribution in [0.25, 0.3) is 0 Å². The summed E-state index contributed by atoms with van der Waals surface area (Å²) in [5.41, 5.74) is 0. The molecule has 0 amide bonds. The van der Waals surface area contributed by atoms with Crippen LogP contribution in [-0.2, 0) is 56.9 Å². The maximum atomic E-state index is 12.6. The fourth-order valence-corrected chi connectivity index (χ4v) is 11.6. The minimum atomic E-state index is -2.01. The molecule has 0 aromatic rings. The van der Waals surface area contributed by atoms with Crippen molar-refractivity contribution in [2.75, 3.05) is 13.2 Å². The van der Waals surface area contributed by atoms with Crippen LogP contribution < -0.4 is 0 Å². The molecule has 28 heteroatoms. The molecule has 0 saturated carbocycles. The third-order valence-corrected chi connectivity index (χ3v) is 16.7. The molecule has 1 unspecified atom stereocenters. The predicted molar refractivity (Wildman–Crippen MR) is 273 cm³/mol. The molecule has 16 N–H and O–H groups in total. The van der Waals surface area contributed by atoms with Crippen molar-refractivity contribution in [2.45, 2.75) is 309 Å². The average Bonchev–Trinajstić information content (AvgIpc) is 3.52. The van der Waals surface area contributed by atoms with Gasteiger partial charge in [0.2, 0.25) is 0 Å². The van der Waals surface area contributed by atoms with Gasteiger partial charge in [0.15, 0.2) is 31.5 Å². The van der Waals surface area contributed by atoms with Gasteiger partial charge < -0.3 is 134 Å². The molecule has 0 aromatic carbocycles. The van der Waals surface area contributed by atoms with Gasteiger partial charge in [-0.05, 0) is 53.4 Å². The highest BCUT2D eigenvalue weighted by Gasteiger charge is 2.58. The molecule has 0 aliphatic carbocycles. The van der Waals surface area contributed by atoms with Gasteiger partial charge in [-0.25, -0.2) is 0 Å². The van der Waals surface area contributed by atoms with Crippen molar-refractivity contribution in [3.63, 3.8) is 0 Å². The summed E-state index contributed by atoms with van der Waals surface area (Å²) in [4.78, 5) is 10.9. The molecule has 6 aliphatic heterocycles. The van der Waals surface area contributed by atoms with Crippen molar-refractivity contribution in [1.29, 1.82) is 0 Å². The third kappa shape index (κ3) is 17.2. The number of aliphatic carboxylic acids is 1. The lowest BCUT2D eigenvalue weighted by Crippen LogP contribution is -2.67. The van der Waals surface area contributed by atoms with Crippen LogP contribution in [0.5, 0.6) is 0 Å². The minimum absolute atomic E-state index is 0.134. The Bertz CT molecular complexity index is 1830. The number of hydrogen-bond donors (Lipinski definition) is 16. The van der Waals surface area contributed by atoms with Gasteiger partial charge in [-0.1, -0.05) is 64.7 Å². The van der Waals surface area contributed by atoms with E-state index in [1.807, 2.05) is 0 Å². The number of carboxylic acid groups (broad SMARTS) is 1. The van der Waals surface area contributed by atoms with E-state index in [2.05, 4.69) is 6.92 Å². The summed E-state index contributed by atoms with van der Waals surface area (Å²) in [5.74, 6) is -2.25. The predicted octanol–water partition coefficient (Wildman–Crippen LogP) is -3.76. The maximum absolute atomic E-state index is 12.6. The molecule has 31 atom stereocenters. The molecule has 28 nitrogen and oxygen atoms in total. The van der Waals surface area contributed by atoms with Crippen LogP contribution in [0.4, 0.5) is 0 Å². The number of aliphatic hydroxyl groups excluding tert-OH is 15. The highest BCUT2D eigenvalue weighted by molar-refractivity contribution is 5.66. The number of unbranched alkanes of at least 4 members (excludes halogenated alkanes) is 8. The van der Waals surface area contributed by atoms with Gasteiger partial charge in [-0.3, -0.25) is 4.79 Å². The summed E-state index contributed by atoms with van der Waals surface area (Å²) in [5, 5.41) is 175. The van der Waals surface area contributed by atoms with E-state index in [-0.39, 0.29) is 6.42 Å². The fraction of sp³-hybridized carbons (Fsp3) is 0.981. The zero-order chi connectivity index (χ0) is 59.6. The maximum Gasteiger partial charge on any atom is 0.303 e. The summed E-state index contributed by atoms with van der Waals surface area (Å²) in [6.45, 7) is 6.08. The highest BCUT2D eigenvalue weighted by Crippen LogP contribution is 2.41. The van der Waals surface area contributed by atoms with E-state index in [0.29, 0.717) is 19.3 Å². The first-order chi connectivity index (χ1) is 38.4. The van der Waals surface area contributed by atoms with Gasteiger partial charge in [0.25, 0.3) is 0 Å². The number of hydrogen-bond acceptors (Lipinski definition) is 27. The van der Waals surface area contributed by atoms with Gasteiger partial charge in [-0.15, -0.1) is 0 Å². The van der Waals surface area contributed by atoms with E-state index in [1.165, 1.54) is 27.7 Å². The minimum Gasteiger partial charge on any atom is -0.481 e. The number of aliphatic hydroxyl groups is 15. The Morgan fingerprint density at radius 2 is 0.802 bits per heavy atom. The molecular formula is C53H94O28. The standard InChI is InChI=1S/C53H94O28/c1-6-7-13-16-26(17-14-11-9-8-10-12-15-18-31(56)57)75-52-47(40(66)34(60)24(4)73-52)81-53-48(42(68)37(63)30(21-55)77-53)80-49-35(61)27(45(25(5)74-49)78-50-43(69)38(64)32(58)22(2)71-50)19-28-46(41(67)36(62)29(20-54)76-28)79-51-44(70)39(65)33(59)23(3)72-51/h22-30,32-55,58-70H,6-21H2,1-5H3,(H,56,57)/t22-,23-,24-,25+,26?,27+,28+,29-,30-,32+,33-,34-,35-,36-,37-,38+,39+,40+,41+,42+,43-,44-,45+,46+,47-,48-,49+,50+,51+,52+,53+/m1/s1. The highest BCUT2D eigenvalue weighted by atomic mass is 16.8. The van der Waals surface area contributed by atoms with E-state index in [4.69, 9.17) is 57.2 Å². The Balaban J connectivity index is 1.28. The Hall–Kier alpha value is -1.57. The monoisotopic (exact) mass is 1180 g/mol. The second kappa shape index (κ2) is 31.9. The van der Waals surface area contributed by atoms with Crippen molar-refractivity contribution in [2.24, 2.45) is 5.92 Å². The van der Waals surface area contributed by atoms with E-state index >= 15 is 0 Å². The molecule has 0 bridgehead atoms. The quantitative estimate of drug-likeness (QED) is 0.0335. The normalized spacial score (nSPS) is 46.6. The van der Waals surface area contributed by atoms with Gasteiger partial charge in [0, 0.05) is 12.3 Å². The molecular weight excluding hydrogens is 1080 g/mol. The van der Waals surface area contributed by atoms with Crippen LogP contribution in [0.2, 0.25) is 0 Å². The molecule has 0 aromatic heterocycles. The topological polar surface area (TPSA) is 442 Å². The molecule has 6 rings (SSSR count). The molecule has 6 heterocycles. The van der Waals surface area contributed by atoms with Gasteiger partial charge in [-0.2, -0.15) is 0 Å². The van der Waals surface area contributed by atoms with Crippen LogP contribution in [0.15, 0.2) is 0 Å². The zero-order valence-electron chi connectivity index (χ0n) is 46.8. The fourth-order valence-electron chi connectivity index (χ4n) is 11.6. The summed E-state index contributed by atoms with van der Waals surface area (Å²) in [6.07, 6.45) is -38.8. The van der Waals surface area contributed by atoms with Gasteiger partial charge in [0.05, 0.1) is 55.9 Å². The van der Waals surface area contributed by atoms with Crippen LogP contribution in [0.3, 0.4) is 0 Å². The number of carboxylic acids is 1. The van der Waals surface area contributed by atoms with Crippen LogP contribution in [0, 0.1) is 5.92 Å². The lowest BCUT2D eigenvalue weighted by atomic mass is 9.81. The van der Waals surface area contributed by atoms with Crippen molar-refractivity contribution in [3.8, 4) is 0 Å². The first-order valence-electron chi connectivity index (χ1n) is 28.9. The van der Waals surface area contributed by atoms with Gasteiger partial charge in [0.1, 0.15) is 110 Å². The lowest BCUT2D eigenvalue weighted by molar-refractivity contribution is -0.398. The molecule has 0 spiro atoms. The average molecular weight is 1180 g/mol. The first kappa shape index (κ1) is 68.5. The smallest absolute Gasteiger partial charge is 0.303 e. The largest absolute Gasteiger partial charge is 0.481 e. The molecule has 6 fully saturated rings. The summed E-state index contributed by atoms with van der Waals surface area (Å²) >= 11 is 0. The van der Waals surface area contributed by atoms with Crippen LogP contribution >= 0.6 is 0 Å². The first-order valence-corrected chi connectivity index (χ1v) is 28.9. The van der Waals surface area contributed by atoms with E-state index in [9.17, 15) is 81.4 Å². The lowest BCUT2D eigenvalue weighted by Gasteiger charge is -2.51. The van der Waals surface area contributed by atoms with Crippen molar-refractivity contribution in [1.82, 2.24) is 0 Å². The van der Waals surface area contributed by atoms with Crippen LogP contribution in [0.1, 0.15) is 125 Å². The second-order valence-electron chi connectivity index (χ2n) is 22.8. The van der Waals surface area contributed by atoms with Gasteiger partial charge >= 0.3 is 5.97 Å². The second-order valence-corrected chi connectivity index (χ2v) is 22.8. The van der Waals surface area contributed by atoms with E-state index < -0.39 is 216 Å². The zero-order valence-corrected chi connectivity index (χ0v) is 46.8. The number of rotatable bonds is 28. The number of carbonyl (C=O) groups is 1. The van der Waals surface area contributed by atoms with E-state index in [0.717, 1.165) is 57.8 Å². The Kier molecular flexibility index (Phi) is 27.0. The molecule has 474 valence electrons. The molecule has 6 aliphatic rings. The van der Waals surface area contributed by atoms with Crippen molar-refractivity contribution >= 4 is 5.97 Å². The number of ether oxygens (including phenoxy) is 11.